The van der Waals surface area contributed by atoms with Gasteiger partial charge in [0.05, 0.1) is 5.69 Å². The average molecular weight is 242 g/mol. The fourth-order valence-corrected chi connectivity index (χ4v) is 2.60. The Balaban J connectivity index is 1.83. The molecule has 1 aliphatic rings. The van der Waals surface area contributed by atoms with Crippen molar-refractivity contribution >= 4 is 0 Å². The van der Waals surface area contributed by atoms with Crippen LogP contribution in [0.4, 0.5) is 0 Å². The van der Waals surface area contributed by atoms with Crippen molar-refractivity contribution in [3.63, 3.8) is 0 Å². The summed E-state index contributed by atoms with van der Waals surface area (Å²) in [5.41, 5.74) is 2.48. The summed E-state index contributed by atoms with van der Waals surface area (Å²) in [5, 5.41) is 7.82. The zero-order valence-corrected chi connectivity index (χ0v) is 10.4. The predicted octanol–water partition coefficient (Wildman–Crippen LogP) is 1.95. The largest absolute Gasteiger partial charge is 0.314 e. The van der Waals surface area contributed by atoms with Gasteiger partial charge >= 0.3 is 0 Å². The van der Waals surface area contributed by atoms with Gasteiger partial charge in [-0.25, -0.2) is 9.67 Å². The molecule has 0 saturated carbocycles. The maximum absolute atomic E-state index is 4.23. The number of rotatable bonds is 3. The molecule has 4 heteroatoms. The molecule has 18 heavy (non-hydrogen) atoms. The Kier molecular flexibility index (Phi) is 3.37. The van der Waals surface area contributed by atoms with E-state index in [1.807, 2.05) is 4.68 Å². The normalized spacial score (nSPS) is 19.9. The quantitative estimate of drug-likeness (QED) is 0.894. The fourth-order valence-electron chi connectivity index (χ4n) is 2.60. The smallest absolute Gasteiger partial charge is 0.138 e. The van der Waals surface area contributed by atoms with Gasteiger partial charge in [0.1, 0.15) is 12.7 Å². The zero-order chi connectivity index (χ0) is 12.2. The first-order valence-electron chi connectivity index (χ1n) is 6.60. The van der Waals surface area contributed by atoms with Crippen molar-refractivity contribution in [1.29, 1.82) is 0 Å². The lowest BCUT2D eigenvalue weighted by molar-refractivity contribution is 0.399. The third-order valence-corrected chi connectivity index (χ3v) is 3.54. The monoisotopic (exact) mass is 242 g/mol. The molecular weight excluding hydrogens is 224 g/mol. The van der Waals surface area contributed by atoms with Crippen LogP contribution in [-0.4, -0.2) is 27.4 Å². The second-order valence-corrected chi connectivity index (χ2v) is 4.82. The number of nitrogens with one attached hydrogen (secondary N) is 1. The van der Waals surface area contributed by atoms with Crippen LogP contribution >= 0.6 is 0 Å². The molecule has 94 valence electrons. The molecule has 1 unspecified atom stereocenters. The minimum atomic E-state index is 0.600. The second-order valence-electron chi connectivity index (χ2n) is 4.82. The summed E-state index contributed by atoms with van der Waals surface area (Å²) in [5.74, 6) is 0. The molecule has 1 aromatic carbocycles. The predicted molar refractivity (Wildman–Crippen MR) is 70.7 cm³/mol. The van der Waals surface area contributed by atoms with Crippen LogP contribution in [0.15, 0.2) is 36.9 Å². The highest BCUT2D eigenvalue weighted by Gasteiger charge is 2.15. The molecule has 0 spiro atoms. The molecule has 2 aromatic rings. The molecule has 1 aromatic heterocycles. The number of hydrogen-bond donors (Lipinski definition) is 1. The van der Waals surface area contributed by atoms with Crippen molar-refractivity contribution in [1.82, 2.24) is 20.1 Å². The number of hydrogen-bond acceptors (Lipinski definition) is 3. The van der Waals surface area contributed by atoms with Gasteiger partial charge in [0, 0.05) is 6.04 Å². The van der Waals surface area contributed by atoms with E-state index in [0.29, 0.717) is 6.04 Å². The fraction of sp³-hybridized carbons (Fsp3) is 0.429. The van der Waals surface area contributed by atoms with E-state index in [4.69, 9.17) is 0 Å². The lowest BCUT2D eigenvalue weighted by atomic mass is 9.97. The Morgan fingerprint density at radius 3 is 3.00 bits per heavy atom. The van der Waals surface area contributed by atoms with Gasteiger partial charge in [-0.2, -0.15) is 5.10 Å². The van der Waals surface area contributed by atoms with Crippen molar-refractivity contribution < 1.29 is 0 Å². The summed E-state index contributed by atoms with van der Waals surface area (Å²) in [7, 11) is 0. The molecule has 0 radical (unpaired) electrons. The molecule has 4 nitrogen and oxygen atoms in total. The molecule has 0 amide bonds. The van der Waals surface area contributed by atoms with Crippen LogP contribution in [0.5, 0.6) is 0 Å². The van der Waals surface area contributed by atoms with Gasteiger partial charge in [0.25, 0.3) is 0 Å². The first-order valence-corrected chi connectivity index (χ1v) is 6.60. The Labute approximate surface area is 107 Å². The molecule has 0 aliphatic carbocycles. The van der Waals surface area contributed by atoms with Gasteiger partial charge in [-0.1, -0.05) is 24.6 Å². The maximum atomic E-state index is 4.23. The molecular formula is C14H18N4. The van der Waals surface area contributed by atoms with Crippen molar-refractivity contribution in [3.8, 4) is 5.69 Å². The molecule has 1 saturated heterocycles. The van der Waals surface area contributed by atoms with E-state index in [1.54, 1.807) is 12.7 Å². The van der Waals surface area contributed by atoms with Crippen LogP contribution in [-0.2, 0) is 6.42 Å². The lowest BCUT2D eigenvalue weighted by Crippen LogP contribution is -2.35. The van der Waals surface area contributed by atoms with Crippen LogP contribution in [0.1, 0.15) is 24.8 Å². The molecule has 2 heterocycles. The SMILES string of the molecule is c1ccc(-n2cncn2)c(CC2CCCCN2)c1. The Bertz CT molecular complexity index is 486. The van der Waals surface area contributed by atoms with Gasteiger partial charge in [0.15, 0.2) is 0 Å². The van der Waals surface area contributed by atoms with Gasteiger partial charge in [-0.05, 0) is 37.4 Å². The van der Waals surface area contributed by atoms with Crippen LogP contribution in [0.3, 0.4) is 0 Å². The summed E-state index contributed by atoms with van der Waals surface area (Å²) in [4.78, 5) is 4.02. The minimum Gasteiger partial charge on any atom is -0.314 e. The topological polar surface area (TPSA) is 42.7 Å². The molecule has 1 N–H and O–H groups in total. The minimum absolute atomic E-state index is 0.600. The molecule has 0 bridgehead atoms. The highest BCUT2D eigenvalue weighted by atomic mass is 15.3. The summed E-state index contributed by atoms with van der Waals surface area (Å²) in [6.07, 6.45) is 8.31. The summed E-state index contributed by atoms with van der Waals surface area (Å²) < 4.78 is 1.85. The zero-order valence-electron chi connectivity index (χ0n) is 10.4. The summed E-state index contributed by atoms with van der Waals surface area (Å²) >= 11 is 0. The van der Waals surface area contributed by atoms with Crippen LogP contribution < -0.4 is 5.32 Å². The lowest BCUT2D eigenvalue weighted by Gasteiger charge is -2.24. The first kappa shape index (κ1) is 11.4. The second kappa shape index (κ2) is 5.31. The van der Waals surface area contributed by atoms with Gasteiger partial charge in [-0.15, -0.1) is 0 Å². The van der Waals surface area contributed by atoms with Crippen LogP contribution in [0.2, 0.25) is 0 Å². The molecule has 3 rings (SSSR count). The number of aromatic nitrogens is 3. The van der Waals surface area contributed by atoms with Crippen molar-refractivity contribution in [3.05, 3.63) is 42.5 Å². The van der Waals surface area contributed by atoms with E-state index in [-0.39, 0.29) is 0 Å². The van der Waals surface area contributed by atoms with Crippen molar-refractivity contribution in [2.45, 2.75) is 31.7 Å². The molecule has 1 atom stereocenters. The van der Waals surface area contributed by atoms with Gasteiger partial charge < -0.3 is 5.32 Å². The van der Waals surface area contributed by atoms with Crippen molar-refractivity contribution in [2.75, 3.05) is 6.54 Å². The number of piperidine rings is 1. The Morgan fingerprint density at radius 2 is 2.22 bits per heavy atom. The van der Waals surface area contributed by atoms with E-state index in [9.17, 15) is 0 Å². The van der Waals surface area contributed by atoms with Crippen LogP contribution in [0, 0.1) is 0 Å². The average Bonchev–Trinajstić information content (AvgIpc) is 2.94. The first-order chi connectivity index (χ1) is 8.93. The van der Waals surface area contributed by atoms with Gasteiger partial charge in [-0.3, -0.25) is 0 Å². The highest BCUT2D eigenvalue weighted by molar-refractivity contribution is 5.40. The number of nitrogens with zero attached hydrogens (tertiary/aromatic N) is 3. The summed E-state index contributed by atoms with van der Waals surface area (Å²) in [6.45, 7) is 1.15. The maximum Gasteiger partial charge on any atom is 0.138 e. The Morgan fingerprint density at radius 1 is 1.28 bits per heavy atom. The number of benzene rings is 1. The van der Waals surface area contributed by atoms with E-state index < -0.39 is 0 Å². The third-order valence-electron chi connectivity index (χ3n) is 3.54. The van der Waals surface area contributed by atoms with Crippen LogP contribution in [0.25, 0.3) is 5.69 Å². The number of para-hydroxylation sites is 1. The van der Waals surface area contributed by atoms with E-state index in [2.05, 4.69) is 39.7 Å². The molecule has 1 fully saturated rings. The summed E-state index contributed by atoms with van der Waals surface area (Å²) in [6, 6.07) is 9.04. The van der Waals surface area contributed by atoms with Gasteiger partial charge in [0.2, 0.25) is 0 Å². The van der Waals surface area contributed by atoms with E-state index in [1.165, 1.54) is 24.8 Å². The molecule has 1 aliphatic heterocycles. The van der Waals surface area contributed by atoms with Crippen molar-refractivity contribution in [2.24, 2.45) is 0 Å². The third kappa shape index (κ3) is 2.43. The standard InChI is InChI=1S/C14H18N4/c1-2-7-14(18-11-15-10-17-18)12(5-1)9-13-6-3-4-8-16-13/h1-2,5,7,10-11,13,16H,3-4,6,8-9H2. The Hall–Kier alpha value is -1.68. The highest BCUT2D eigenvalue weighted by Crippen LogP contribution is 2.18. The van der Waals surface area contributed by atoms with E-state index in [0.717, 1.165) is 18.7 Å². The van der Waals surface area contributed by atoms with E-state index >= 15 is 0 Å².